The van der Waals surface area contributed by atoms with Crippen LogP contribution in [0.5, 0.6) is 11.5 Å². The van der Waals surface area contributed by atoms with E-state index in [2.05, 4.69) is 10.3 Å². The molecule has 0 radical (unpaired) electrons. The van der Waals surface area contributed by atoms with Crippen LogP contribution in [0.4, 0.5) is 0 Å². The van der Waals surface area contributed by atoms with E-state index >= 15 is 0 Å². The standard InChI is InChI=1S/C27H28N4O4/c1-34-20-11-7-18(8-12-20)15-24(19-9-13-21(35-2)14-10-19)29-16-26-30-23-6-4-3-5-22(23)27(33)31(26)17-25(28)32/h3-14,24,29H,15-17H2,1-2H3,(H2,28,32). The summed E-state index contributed by atoms with van der Waals surface area (Å²) in [5.74, 6) is 1.40. The highest BCUT2D eigenvalue weighted by Gasteiger charge is 2.17. The molecule has 4 rings (SSSR count). The van der Waals surface area contributed by atoms with Crippen molar-refractivity contribution >= 4 is 16.8 Å². The molecular formula is C27H28N4O4. The lowest BCUT2D eigenvalue weighted by molar-refractivity contribution is -0.118. The van der Waals surface area contributed by atoms with Crippen LogP contribution >= 0.6 is 0 Å². The van der Waals surface area contributed by atoms with E-state index in [1.807, 2.05) is 54.6 Å². The zero-order valence-corrected chi connectivity index (χ0v) is 19.7. The fourth-order valence-electron chi connectivity index (χ4n) is 4.02. The minimum absolute atomic E-state index is 0.0975. The first-order valence-electron chi connectivity index (χ1n) is 11.3. The molecule has 0 aliphatic carbocycles. The Morgan fingerprint density at radius 1 is 0.971 bits per heavy atom. The predicted molar refractivity (Wildman–Crippen MR) is 134 cm³/mol. The molecular weight excluding hydrogens is 444 g/mol. The summed E-state index contributed by atoms with van der Waals surface area (Å²) in [4.78, 5) is 29.5. The van der Waals surface area contributed by atoms with Crippen molar-refractivity contribution in [2.75, 3.05) is 14.2 Å². The van der Waals surface area contributed by atoms with Crippen LogP contribution in [-0.4, -0.2) is 29.7 Å². The first-order chi connectivity index (χ1) is 17.0. The van der Waals surface area contributed by atoms with Gasteiger partial charge in [0.1, 0.15) is 23.9 Å². The van der Waals surface area contributed by atoms with Gasteiger partial charge in [0.2, 0.25) is 5.91 Å². The fraction of sp³-hybridized carbons (Fsp3) is 0.222. The third-order valence-corrected chi connectivity index (χ3v) is 5.88. The predicted octanol–water partition coefficient (Wildman–Crippen LogP) is 2.97. The zero-order valence-electron chi connectivity index (χ0n) is 19.7. The minimum Gasteiger partial charge on any atom is -0.497 e. The molecule has 3 N–H and O–H groups in total. The molecule has 1 amide bonds. The number of aromatic nitrogens is 2. The number of hydrogen-bond acceptors (Lipinski definition) is 6. The van der Waals surface area contributed by atoms with E-state index in [1.54, 1.807) is 32.4 Å². The molecule has 1 heterocycles. The maximum atomic E-state index is 13.1. The third kappa shape index (κ3) is 5.67. The van der Waals surface area contributed by atoms with Gasteiger partial charge in [-0.2, -0.15) is 0 Å². The quantitative estimate of drug-likeness (QED) is 0.367. The van der Waals surface area contributed by atoms with Gasteiger partial charge in [0, 0.05) is 6.04 Å². The number of nitrogens with two attached hydrogens (primary N) is 1. The SMILES string of the molecule is COc1ccc(CC(NCc2nc3ccccc3c(=O)n2CC(N)=O)c2ccc(OC)cc2)cc1. The van der Waals surface area contributed by atoms with Gasteiger partial charge in [0.25, 0.3) is 5.56 Å². The Balaban J connectivity index is 1.67. The average Bonchev–Trinajstić information content (AvgIpc) is 2.88. The molecule has 1 unspecified atom stereocenters. The molecule has 0 spiro atoms. The van der Waals surface area contributed by atoms with Crippen LogP contribution in [0.2, 0.25) is 0 Å². The van der Waals surface area contributed by atoms with Gasteiger partial charge in [-0.3, -0.25) is 14.2 Å². The number of para-hydroxylation sites is 1. The third-order valence-electron chi connectivity index (χ3n) is 5.88. The van der Waals surface area contributed by atoms with Gasteiger partial charge in [0.05, 0.1) is 31.7 Å². The number of benzene rings is 3. The topological polar surface area (TPSA) is 108 Å². The van der Waals surface area contributed by atoms with Crippen molar-refractivity contribution in [2.24, 2.45) is 5.73 Å². The molecule has 0 bridgehead atoms. The normalized spacial score (nSPS) is 11.8. The molecule has 0 saturated heterocycles. The Morgan fingerprint density at radius 3 is 2.23 bits per heavy atom. The molecule has 0 fully saturated rings. The van der Waals surface area contributed by atoms with E-state index in [0.717, 1.165) is 22.6 Å². The second-order valence-electron chi connectivity index (χ2n) is 8.16. The zero-order chi connectivity index (χ0) is 24.8. The molecule has 1 atom stereocenters. The van der Waals surface area contributed by atoms with Crippen LogP contribution in [0.3, 0.4) is 0 Å². The first kappa shape index (κ1) is 24.0. The molecule has 8 heteroatoms. The Hall–Kier alpha value is -4.17. The molecule has 0 saturated carbocycles. The van der Waals surface area contributed by atoms with Gasteiger partial charge in [0.15, 0.2) is 0 Å². The van der Waals surface area contributed by atoms with Gasteiger partial charge in [-0.25, -0.2) is 4.98 Å². The molecule has 1 aromatic heterocycles. The molecule has 8 nitrogen and oxygen atoms in total. The average molecular weight is 473 g/mol. The Kier molecular flexibility index (Phi) is 7.42. The van der Waals surface area contributed by atoms with Crippen LogP contribution in [0.1, 0.15) is 23.0 Å². The summed E-state index contributed by atoms with van der Waals surface area (Å²) in [5, 5.41) is 3.97. The second-order valence-corrected chi connectivity index (χ2v) is 8.16. The van der Waals surface area contributed by atoms with Crippen molar-refractivity contribution in [3.63, 3.8) is 0 Å². The van der Waals surface area contributed by atoms with Gasteiger partial charge in [-0.05, 0) is 53.9 Å². The van der Waals surface area contributed by atoms with Gasteiger partial charge >= 0.3 is 0 Å². The monoisotopic (exact) mass is 472 g/mol. The lowest BCUT2D eigenvalue weighted by Crippen LogP contribution is -2.34. The highest BCUT2D eigenvalue weighted by atomic mass is 16.5. The van der Waals surface area contributed by atoms with Crippen molar-refractivity contribution in [3.8, 4) is 11.5 Å². The van der Waals surface area contributed by atoms with Crippen LogP contribution < -0.4 is 26.1 Å². The molecule has 4 aromatic rings. The number of fused-ring (bicyclic) bond motifs is 1. The van der Waals surface area contributed by atoms with Gasteiger partial charge in [-0.1, -0.05) is 36.4 Å². The summed E-state index contributed by atoms with van der Waals surface area (Å²) in [6.07, 6.45) is 0.684. The highest BCUT2D eigenvalue weighted by molar-refractivity contribution is 5.78. The number of methoxy groups -OCH3 is 2. The van der Waals surface area contributed by atoms with Crippen molar-refractivity contribution < 1.29 is 14.3 Å². The maximum absolute atomic E-state index is 13.1. The number of primary amides is 1. The largest absolute Gasteiger partial charge is 0.497 e. The van der Waals surface area contributed by atoms with E-state index in [1.165, 1.54) is 4.57 Å². The van der Waals surface area contributed by atoms with Crippen LogP contribution in [0, 0.1) is 0 Å². The molecule has 0 aliphatic heterocycles. The number of amides is 1. The van der Waals surface area contributed by atoms with E-state index in [9.17, 15) is 9.59 Å². The Labute approximate surface area is 203 Å². The molecule has 3 aromatic carbocycles. The summed E-state index contributed by atoms with van der Waals surface area (Å²) in [5.41, 5.74) is 7.88. The summed E-state index contributed by atoms with van der Waals surface area (Å²) < 4.78 is 11.9. The summed E-state index contributed by atoms with van der Waals surface area (Å²) in [6, 6.07) is 22.7. The summed E-state index contributed by atoms with van der Waals surface area (Å²) in [7, 11) is 3.27. The number of rotatable bonds is 10. The maximum Gasteiger partial charge on any atom is 0.261 e. The second kappa shape index (κ2) is 10.8. The van der Waals surface area contributed by atoms with E-state index in [-0.39, 0.29) is 24.7 Å². The molecule has 35 heavy (non-hydrogen) atoms. The lowest BCUT2D eigenvalue weighted by Gasteiger charge is -2.21. The fourth-order valence-corrected chi connectivity index (χ4v) is 4.02. The van der Waals surface area contributed by atoms with Crippen molar-refractivity contribution in [1.29, 1.82) is 0 Å². The van der Waals surface area contributed by atoms with Crippen LogP contribution in [0.15, 0.2) is 77.6 Å². The Morgan fingerprint density at radius 2 is 1.60 bits per heavy atom. The van der Waals surface area contributed by atoms with Gasteiger partial charge in [-0.15, -0.1) is 0 Å². The van der Waals surface area contributed by atoms with E-state index in [4.69, 9.17) is 15.2 Å². The number of carbonyl (C=O) groups excluding carboxylic acids is 1. The lowest BCUT2D eigenvalue weighted by atomic mass is 9.98. The van der Waals surface area contributed by atoms with E-state index < -0.39 is 5.91 Å². The summed E-state index contributed by atoms with van der Waals surface area (Å²) >= 11 is 0. The van der Waals surface area contributed by atoms with Crippen molar-refractivity contribution in [3.05, 3.63) is 100 Å². The number of carbonyl (C=O) groups is 1. The van der Waals surface area contributed by atoms with Crippen LogP contribution in [-0.2, 0) is 24.3 Å². The molecule has 0 aliphatic rings. The minimum atomic E-state index is -0.602. The highest BCUT2D eigenvalue weighted by Crippen LogP contribution is 2.23. The number of nitrogens with one attached hydrogen (secondary N) is 1. The number of nitrogens with zero attached hydrogens (tertiary/aromatic N) is 2. The molecule has 180 valence electrons. The van der Waals surface area contributed by atoms with Gasteiger partial charge < -0.3 is 20.5 Å². The summed E-state index contributed by atoms with van der Waals surface area (Å²) in [6.45, 7) is 0.0273. The number of hydrogen-bond donors (Lipinski definition) is 2. The van der Waals surface area contributed by atoms with Crippen LogP contribution in [0.25, 0.3) is 10.9 Å². The van der Waals surface area contributed by atoms with Crippen molar-refractivity contribution in [2.45, 2.75) is 25.6 Å². The Bertz CT molecular complexity index is 1370. The van der Waals surface area contributed by atoms with Crippen molar-refractivity contribution in [1.82, 2.24) is 14.9 Å². The number of ether oxygens (including phenoxy) is 2. The smallest absolute Gasteiger partial charge is 0.261 e. The van der Waals surface area contributed by atoms with E-state index in [0.29, 0.717) is 23.1 Å². The first-order valence-corrected chi connectivity index (χ1v) is 11.3.